The number of nitro benzene ring substituents is 1. The molecule has 0 fully saturated rings. The third-order valence-corrected chi connectivity index (χ3v) is 10.0. The molecule has 0 atom stereocenters. The van der Waals surface area contributed by atoms with E-state index in [9.17, 15) is 10.1 Å². The van der Waals surface area contributed by atoms with E-state index in [1.54, 1.807) is 17.4 Å². The zero-order chi connectivity index (χ0) is 30.1. The molecule has 5 heteroatoms. The molecule has 0 amide bonds. The van der Waals surface area contributed by atoms with Gasteiger partial charge in [-0.25, -0.2) is 0 Å². The normalized spacial score (nSPS) is 11.7. The van der Waals surface area contributed by atoms with Crippen LogP contribution < -0.4 is 0 Å². The van der Waals surface area contributed by atoms with Gasteiger partial charge in [0, 0.05) is 42.7 Å². The van der Waals surface area contributed by atoms with Gasteiger partial charge >= 0.3 is 0 Å². The van der Waals surface area contributed by atoms with E-state index in [1.165, 1.54) is 25.6 Å². The Morgan fingerprint density at radius 1 is 0.533 bits per heavy atom. The van der Waals surface area contributed by atoms with E-state index in [2.05, 4.69) is 120 Å². The second kappa shape index (κ2) is 9.88. The third-order valence-electron chi connectivity index (χ3n) is 8.88. The molecule has 2 heterocycles. The number of thiophene rings is 1. The summed E-state index contributed by atoms with van der Waals surface area (Å²) in [7, 11) is 0. The average Bonchev–Trinajstić information content (AvgIpc) is 3.64. The number of fused-ring (bicyclic) bond motifs is 8. The predicted molar refractivity (Wildman–Crippen MR) is 189 cm³/mol. The van der Waals surface area contributed by atoms with Crippen LogP contribution in [0.5, 0.6) is 0 Å². The minimum Gasteiger partial charge on any atom is -0.309 e. The summed E-state index contributed by atoms with van der Waals surface area (Å²) in [5.41, 5.74) is 6.87. The van der Waals surface area contributed by atoms with Gasteiger partial charge in [-0.15, -0.1) is 11.3 Å². The molecule has 0 bridgehead atoms. The van der Waals surface area contributed by atoms with Crippen LogP contribution in [0.1, 0.15) is 0 Å². The van der Waals surface area contributed by atoms with E-state index in [1.807, 2.05) is 24.3 Å². The largest absolute Gasteiger partial charge is 0.309 e. The topological polar surface area (TPSA) is 48.1 Å². The summed E-state index contributed by atoms with van der Waals surface area (Å²) in [5, 5.41) is 19.3. The summed E-state index contributed by atoms with van der Waals surface area (Å²) in [4.78, 5) is 12.0. The zero-order valence-electron chi connectivity index (χ0n) is 24.0. The molecule has 0 N–H and O–H groups in total. The van der Waals surface area contributed by atoms with Crippen molar-refractivity contribution in [1.29, 1.82) is 0 Å². The number of aromatic nitrogens is 1. The molecule has 0 aliphatic heterocycles. The number of hydrogen-bond donors (Lipinski definition) is 0. The van der Waals surface area contributed by atoms with Gasteiger partial charge in [-0.3, -0.25) is 10.1 Å². The van der Waals surface area contributed by atoms with Gasteiger partial charge < -0.3 is 4.57 Å². The fraction of sp³-hybridized carbons (Fsp3) is 0. The Labute approximate surface area is 262 Å². The molecule has 2 aromatic heterocycles. The highest BCUT2D eigenvalue weighted by atomic mass is 32.1. The lowest BCUT2D eigenvalue weighted by atomic mass is 9.94. The minimum atomic E-state index is -0.277. The monoisotopic (exact) mass is 596 g/mol. The molecule has 9 rings (SSSR count). The molecule has 0 unspecified atom stereocenters. The first-order valence-electron chi connectivity index (χ1n) is 14.9. The van der Waals surface area contributed by atoms with Crippen molar-refractivity contribution < 1.29 is 4.92 Å². The number of para-hydroxylation sites is 2. The maximum atomic E-state index is 12.3. The summed E-state index contributed by atoms with van der Waals surface area (Å²) in [6.45, 7) is 0. The van der Waals surface area contributed by atoms with Crippen molar-refractivity contribution in [3.05, 3.63) is 156 Å². The van der Waals surface area contributed by atoms with Crippen LogP contribution in [-0.4, -0.2) is 9.49 Å². The molecule has 9 aromatic rings. The highest BCUT2D eigenvalue weighted by molar-refractivity contribution is 7.26. The van der Waals surface area contributed by atoms with E-state index in [-0.39, 0.29) is 10.6 Å². The van der Waals surface area contributed by atoms with Crippen molar-refractivity contribution in [3.8, 4) is 27.9 Å². The zero-order valence-corrected chi connectivity index (χ0v) is 24.8. The lowest BCUT2D eigenvalue weighted by Gasteiger charge is -2.10. The first kappa shape index (κ1) is 25.7. The number of nitrogens with zero attached hydrogens (tertiary/aromatic N) is 2. The van der Waals surface area contributed by atoms with Crippen LogP contribution >= 0.6 is 11.3 Å². The van der Waals surface area contributed by atoms with Crippen molar-refractivity contribution in [2.75, 3.05) is 0 Å². The quantitative estimate of drug-likeness (QED) is 0.150. The van der Waals surface area contributed by atoms with Crippen LogP contribution in [0.2, 0.25) is 0 Å². The molecule has 0 saturated carbocycles. The number of rotatable bonds is 4. The molecule has 0 aliphatic carbocycles. The van der Waals surface area contributed by atoms with Crippen molar-refractivity contribution in [3.63, 3.8) is 0 Å². The highest BCUT2D eigenvalue weighted by Gasteiger charge is 2.19. The van der Waals surface area contributed by atoms with Crippen molar-refractivity contribution >= 4 is 69.8 Å². The summed E-state index contributed by atoms with van der Waals surface area (Å²) < 4.78 is 4.74. The molecular formula is C40H24N2O2S. The molecular weight excluding hydrogens is 573 g/mol. The maximum absolute atomic E-state index is 12.3. The van der Waals surface area contributed by atoms with Crippen LogP contribution in [0.25, 0.3) is 80.7 Å². The number of hydrogen-bond acceptors (Lipinski definition) is 3. The summed E-state index contributed by atoms with van der Waals surface area (Å²) >= 11 is 1.78. The molecule has 45 heavy (non-hydrogen) atoms. The van der Waals surface area contributed by atoms with Gasteiger partial charge in [-0.1, -0.05) is 78.9 Å². The van der Waals surface area contributed by atoms with Gasteiger partial charge in [0.1, 0.15) is 0 Å². The number of benzene rings is 7. The number of nitro groups is 1. The smallest absolute Gasteiger partial charge is 0.277 e. The fourth-order valence-electron chi connectivity index (χ4n) is 6.82. The third kappa shape index (κ3) is 3.98. The standard InChI is InChI=1S/C40H24N2O2S/c43-42(44)37-20-17-26(27-16-19-36-34(23-27)30-10-4-6-12-35(30)41(36)29-8-2-1-3-9-29)22-32(37)28-15-14-25-18-21-39-40(33(25)24-28)31-11-5-7-13-38(31)45-39/h1-24H. The van der Waals surface area contributed by atoms with Crippen LogP contribution in [0.3, 0.4) is 0 Å². The van der Waals surface area contributed by atoms with Crippen molar-refractivity contribution in [2.24, 2.45) is 0 Å². The Balaban J connectivity index is 1.25. The molecule has 0 saturated heterocycles. The second-order valence-corrected chi connectivity index (χ2v) is 12.5. The van der Waals surface area contributed by atoms with Crippen LogP contribution in [0.15, 0.2) is 146 Å². The fourth-order valence-corrected chi connectivity index (χ4v) is 7.95. The van der Waals surface area contributed by atoms with E-state index < -0.39 is 0 Å². The molecule has 0 spiro atoms. The van der Waals surface area contributed by atoms with E-state index in [0.29, 0.717) is 5.56 Å². The Hall–Kier alpha value is -5.78. The minimum absolute atomic E-state index is 0.0993. The van der Waals surface area contributed by atoms with Gasteiger partial charge in [0.25, 0.3) is 5.69 Å². The maximum Gasteiger partial charge on any atom is 0.277 e. The van der Waals surface area contributed by atoms with Crippen LogP contribution in [-0.2, 0) is 0 Å². The summed E-state index contributed by atoms with van der Waals surface area (Å²) in [6, 6.07) is 49.8. The average molecular weight is 597 g/mol. The highest BCUT2D eigenvalue weighted by Crippen LogP contribution is 2.42. The lowest BCUT2D eigenvalue weighted by molar-refractivity contribution is -0.384. The van der Waals surface area contributed by atoms with Gasteiger partial charge in [-0.05, 0) is 88.1 Å². The predicted octanol–water partition coefficient (Wildman–Crippen LogP) is 11.5. The van der Waals surface area contributed by atoms with Crippen LogP contribution in [0.4, 0.5) is 5.69 Å². The summed E-state index contributed by atoms with van der Waals surface area (Å²) in [6.07, 6.45) is 0. The molecule has 0 radical (unpaired) electrons. The first-order chi connectivity index (χ1) is 22.1. The van der Waals surface area contributed by atoms with E-state index in [4.69, 9.17) is 0 Å². The van der Waals surface area contributed by atoms with Crippen molar-refractivity contribution in [1.82, 2.24) is 4.57 Å². The molecule has 0 aliphatic rings. The Kier molecular flexibility index (Phi) is 5.64. The molecule has 212 valence electrons. The van der Waals surface area contributed by atoms with Crippen molar-refractivity contribution in [2.45, 2.75) is 0 Å². The second-order valence-electron chi connectivity index (χ2n) is 11.4. The van der Waals surface area contributed by atoms with E-state index >= 15 is 0 Å². The lowest BCUT2D eigenvalue weighted by Crippen LogP contribution is -1.94. The van der Waals surface area contributed by atoms with Gasteiger partial charge in [0.2, 0.25) is 0 Å². The molecule has 4 nitrogen and oxygen atoms in total. The SMILES string of the molecule is O=[N+]([O-])c1ccc(-c2ccc3c(c2)c2ccccc2n3-c2ccccc2)cc1-c1ccc2ccc3sc4ccccc4c3c2c1. The Morgan fingerprint density at radius 2 is 1.20 bits per heavy atom. The van der Waals surface area contributed by atoms with E-state index in [0.717, 1.165) is 49.6 Å². The summed E-state index contributed by atoms with van der Waals surface area (Å²) in [5.74, 6) is 0. The Morgan fingerprint density at radius 3 is 2.07 bits per heavy atom. The van der Waals surface area contributed by atoms with Gasteiger partial charge in [0.15, 0.2) is 0 Å². The Bertz CT molecular complexity index is 2630. The first-order valence-corrected chi connectivity index (χ1v) is 15.7. The van der Waals surface area contributed by atoms with Gasteiger partial charge in [0.05, 0.1) is 21.5 Å². The van der Waals surface area contributed by atoms with Crippen LogP contribution in [0, 0.1) is 10.1 Å². The van der Waals surface area contributed by atoms with Gasteiger partial charge in [-0.2, -0.15) is 0 Å². The molecule has 7 aromatic carbocycles.